The molecule has 26 heavy (non-hydrogen) atoms. The summed E-state index contributed by atoms with van der Waals surface area (Å²) in [7, 11) is 0. The zero-order valence-corrected chi connectivity index (χ0v) is 16.6. The summed E-state index contributed by atoms with van der Waals surface area (Å²) in [5.74, 6) is 5.18. The maximum absolute atomic E-state index is 12.5. The first-order valence-corrected chi connectivity index (χ1v) is 11.0. The summed E-state index contributed by atoms with van der Waals surface area (Å²) in [6.45, 7) is 5.89. The van der Waals surface area contributed by atoms with Gasteiger partial charge < -0.3 is 4.74 Å². The van der Waals surface area contributed by atoms with Gasteiger partial charge in [-0.25, -0.2) is 0 Å². The average Bonchev–Trinajstić information content (AvgIpc) is 3.27. The molecule has 0 N–H and O–H groups in total. The van der Waals surface area contributed by atoms with Gasteiger partial charge in [0.2, 0.25) is 0 Å². The monoisotopic (exact) mass is 358 g/mol. The van der Waals surface area contributed by atoms with E-state index >= 15 is 0 Å². The van der Waals surface area contributed by atoms with Crippen molar-refractivity contribution in [3.63, 3.8) is 0 Å². The molecule has 144 valence electrons. The fourth-order valence-corrected chi connectivity index (χ4v) is 8.91. The van der Waals surface area contributed by atoms with Crippen LogP contribution in [-0.4, -0.2) is 17.9 Å². The minimum absolute atomic E-state index is 0.0620. The third-order valence-electron chi connectivity index (χ3n) is 9.92. The predicted octanol–water partition coefficient (Wildman–Crippen LogP) is 4.78. The normalized spacial score (nSPS) is 54.3. The summed E-state index contributed by atoms with van der Waals surface area (Å²) in [4.78, 5) is 23.9. The molecule has 3 heteroatoms. The number of ether oxygens (including phenoxy) is 1. The third-order valence-corrected chi connectivity index (χ3v) is 9.92. The van der Waals surface area contributed by atoms with E-state index in [1.54, 1.807) is 6.92 Å². The number of ketones is 1. The van der Waals surface area contributed by atoms with Gasteiger partial charge in [0.1, 0.15) is 11.9 Å². The second-order valence-electron chi connectivity index (χ2n) is 10.6. The van der Waals surface area contributed by atoms with Gasteiger partial charge in [0, 0.05) is 12.3 Å². The summed E-state index contributed by atoms with van der Waals surface area (Å²) in [5.41, 5.74) is 0.346. The molecule has 0 aromatic carbocycles. The van der Waals surface area contributed by atoms with Crippen LogP contribution in [0.5, 0.6) is 0 Å². The Morgan fingerprint density at radius 1 is 0.923 bits per heavy atom. The Labute approximate surface area is 157 Å². The Bertz CT molecular complexity index is 641. The molecule has 0 aliphatic heterocycles. The lowest BCUT2D eigenvalue weighted by molar-refractivity contribution is -0.153. The Hall–Kier alpha value is -0.860. The van der Waals surface area contributed by atoms with Gasteiger partial charge >= 0.3 is 5.97 Å². The molecule has 0 bridgehead atoms. The third kappa shape index (κ3) is 2.12. The van der Waals surface area contributed by atoms with Crippen LogP contribution in [0.25, 0.3) is 0 Å². The van der Waals surface area contributed by atoms with Gasteiger partial charge in [-0.2, -0.15) is 0 Å². The highest BCUT2D eigenvalue weighted by Gasteiger charge is 2.76. The van der Waals surface area contributed by atoms with Crippen LogP contribution in [-0.2, 0) is 14.3 Å². The van der Waals surface area contributed by atoms with Crippen molar-refractivity contribution >= 4 is 11.8 Å². The SMILES string of the molecule is CC(=O)O[C@H]1CC[C@H]2[C@H](CC[C@@H]3[C@@H]2CC[C@@]2(C)[C@H]3C[C@H]3C[C@]32C(C)=O)C1. The molecule has 0 saturated heterocycles. The molecule has 9 atom stereocenters. The van der Waals surface area contributed by atoms with Crippen LogP contribution in [0.1, 0.15) is 78.6 Å². The summed E-state index contributed by atoms with van der Waals surface area (Å²) < 4.78 is 5.54. The van der Waals surface area contributed by atoms with Crippen molar-refractivity contribution in [3.05, 3.63) is 0 Å². The van der Waals surface area contributed by atoms with Crippen LogP contribution < -0.4 is 0 Å². The van der Waals surface area contributed by atoms with Gasteiger partial charge in [-0.15, -0.1) is 0 Å². The lowest BCUT2D eigenvalue weighted by atomic mass is 9.48. The quantitative estimate of drug-likeness (QED) is 0.668. The zero-order valence-electron chi connectivity index (χ0n) is 16.6. The molecule has 5 rings (SSSR count). The van der Waals surface area contributed by atoms with E-state index in [0.717, 1.165) is 42.4 Å². The number of hydrogen-bond donors (Lipinski definition) is 0. The predicted molar refractivity (Wildman–Crippen MR) is 99.3 cm³/mol. The summed E-state index contributed by atoms with van der Waals surface area (Å²) in [6, 6.07) is 0. The van der Waals surface area contributed by atoms with Crippen molar-refractivity contribution in [3.8, 4) is 0 Å². The lowest BCUT2D eigenvalue weighted by Gasteiger charge is -2.57. The molecular weight excluding hydrogens is 324 g/mol. The molecule has 5 aliphatic carbocycles. The second kappa shape index (κ2) is 5.58. The first kappa shape index (κ1) is 17.3. The molecular formula is C23H34O3. The van der Waals surface area contributed by atoms with Crippen LogP contribution in [0.15, 0.2) is 0 Å². The van der Waals surface area contributed by atoms with Crippen molar-refractivity contribution < 1.29 is 14.3 Å². The van der Waals surface area contributed by atoms with Gasteiger partial charge in [0.05, 0.1) is 0 Å². The van der Waals surface area contributed by atoms with Gasteiger partial charge in [-0.1, -0.05) is 6.92 Å². The summed E-state index contributed by atoms with van der Waals surface area (Å²) in [6.07, 6.45) is 11.3. The number of carbonyl (C=O) groups excluding carboxylic acids is 2. The highest BCUT2D eigenvalue weighted by Crippen LogP contribution is 2.79. The van der Waals surface area contributed by atoms with Crippen molar-refractivity contribution in [1.29, 1.82) is 0 Å². The maximum Gasteiger partial charge on any atom is 0.302 e. The van der Waals surface area contributed by atoms with E-state index in [-0.39, 0.29) is 22.9 Å². The number of Topliss-reactive ketones (excluding diaryl/α,β-unsaturated/α-hetero) is 1. The highest BCUT2D eigenvalue weighted by atomic mass is 16.5. The molecule has 0 spiro atoms. The molecule has 5 saturated carbocycles. The molecule has 0 radical (unpaired) electrons. The van der Waals surface area contributed by atoms with Crippen LogP contribution in [0.4, 0.5) is 0 Å². The van der Waals surface area contributed by atoms with Crippen LogP contribution in [0, 0.1) is 46.3 Å². The number of fused-ring (bicyclic) bond motifs is 7. The smallest absolute Gasteiger partial charge is 0.302 e. The molecule has 0 amide bonds. The molecule has 0 aromatic heterocycles. The van der Waals surface area contributed by atoms with Crippen LogP contribution in [0.3, 0.4) is 0 Å². The Kier molecular flexibility index (Phi) is 3.70. The van der Waals surface area contributed by atoms with Crippen molar-refractivity contribution in [2.24, 2.45) is 46.3 Å². The molecule has 0 unspecified atom stereocenters. The minimum Gasteiger partial charge on any atom is -0.463 e. The van der Waals surface area contributed by atoms with E-state index in [1.165, 1.54) is 44.9 Å². The first-order chi connectivity index (χ1) is 12.4. The number of hydrogen-bond acceptors (Lipinski definition) is 3. The van der Waals surface area contributed by atoms with Crippen molar-refractivity contribution in [2.75, 3.05) is 0 Å². The molecule has 5 fully saturated rings. The Morgan fingerprint density at radius 2 is 1.69 bits per heavy atom. The number of carbonyl (C=O) groups is 2. The van der Waals surface area contributed by atoms with E-state index in [4.69, 9.17) is 4.74 Å². The number of rotatable bonds is 2. The minimum atomic E-state index is -0.115. The van der Waals surface area contributed by atoms with Gasteiger partial charge in [0.15, 0.2) is 0 Å². The lowest BCUT2D eigenvalue weighted by Crippen LogP contribution is -2.51. The van der Waals surface area contributed by atoms with Crippen molar-refractivity contribution in [2.45, 2.75) is 84.7 Å². The topological polar surface area (TPSA) is 43.4 Å². The molecule has 0 aromatic rings. The van der Waals surface area contributed by atoms with E-state index in [0.29, 0.717) is 11.7 Å². The van der Waals surface area contributed by atoms with Gasteiger partial charge in [-0.3, -0.25) is 9.59 Å². The highest BCUT2D eigenvalue weighted by molar-refractivity contribution is 5.87. The van der Waals surface area contributed by atoms with E-state index < -0.39 is 0 Å². The van der Waals surface area contributed by atoms with Crippen LogP contribution >= 0.6 is 0 Å². The second-order valence-corrected chi connectivity index (χ2v) is 10.6. The molecule has 3 nitrogen and oxygen atoms in total. The summed E-state index contributed by atoms with van der Waals surface area (Å²) >= 11 is 0. The zero-order chi connectivity index (χ0) is 18.3. The van der Waals surface area contributed by atoms with E-state index in [1.807, 2.05) is 6.92 Å². The van der Waals surface area contributed by atoms with Crippen molar-refractivity contribution in [1.82, 2.24) is 0 Å². The van der Waals surface area contributed by atoms with E-state index in [2.05, 4.69) is 6.92 Å². The fraction of sp³-hybridized carbons (Fsp3) is 0.913. The Balaban J connectivity index is 1.34. The fourth-order valence-electron chi connectivity index (χ4n) is 8.91. The van der Waals surface area contributed by atoms with Crippen LogP contribution in [0.2, 0.25) is 0 Å². The largest absolute Gasteiger partial charge is 0.463 e. The number of esters is 1. The van der Waals surface area contributed by atoms with Gasteiger partial charge in [-0.05, 0) is 106 Å². The maximum atomic E-state index is 12.5. The standard InChI is InChI=1S/C23H34O3/c1-13(24)23-12-16(23)11-21-20-6-4-15-10-17(26-14(2)25)5-7-18(15)19(20)8-9-22(21,23)3/h15-21H,4-12H2,1-3H3/t15-,16+,17+,18+,19-,20-,21+,22+,23+/m1/s1. The van der Waals surface area contributed by atoms with Gasteiger partial charge in [0.25, 0.3) is 0 Å². The molecule has 0 heterocycles. The first-order valence-electron chi connectivity index (χ1n) is 11.0. The average molecular weight is 359 g/mol. The van der Waals surface area contributed by atoms with E-state index in [9.17, 15) is 9.59 Å². The molecule has 5 aliphatic rings. The Morgan fingerprint density at radius 3 is 2.42 bits per heavy atom. The summed E-state index contributed by atoms with van der Waals surface area (Å²) in [5, 5.41) is 0.